The number of pyridine rings is 1. The van der Waals surface area contributed by atoms with Crippen LogP contribution in [-0.2, 0) is 23.1 Å². The van der Waals surface area contributed by atoms with Gasteiger partial charge in [0.05, 0.1) is 46.4 Å². The highest BCUT2D eigenvalue weighted by molar-refractivity contribution is 6.34. The van der Waals surface area contributed by atoms with Crippen molar-refractivity contribution in [2.45, 2.75) is 32.6 Å². The highest BCUT2D eigenvalue weighted by atomic mass is 35.5. The largest absolute Gasteiger partial charge is 0.505 e. The molecule has 0 saturated carbocycles. The summed E-state index contributed by atoms with van der Waals surface area (Å²) in [5.41, 5.74) is 4.45. The third kappa shape index (κ3) is 5.38. The smallest absolute Gasteiger partial charge is 0.263 e. The van der Waals surface area contributed by atoms with Crippen molar-refractivity contribution in [1.29, 1.82) is 0 Å². The molecule has 0 spiro atoms. The Hall–Kier alpha value is -4.20. The molecule has 4 N–H and O–H groups in total. The summed E-state index contributed by atoms with van der Waals surface area (Å²) in [6.07, 6.45) is 4.03. The van der Waals surface area contributed by atoms with Crippen LogP contribution in [-0.4, -0.2) is 61.3 Å². The molecule has 12 nitrogen and oxygen atoms in total. The van der Waals surface area contributed by atoms with E-state index >= 15 is 4.39 Å². The van der Waals surface area contributed by atoms with Gasteiger partial charge < -0.3 is 34.9 Å². The summed E-state index contributed by atoms with van der Waals surface area (Å²) in [6, 6.07) is 2.66. The maximum absolute atomic E-state index is 15.3. The maximum Gasteiger partial charge on any atom is 0.263 e. The van der Waals surface area contributed by atoms with E-state index in [9.17, 15) is 19.5 Å². The van der Waals surface area contributed by atoms with E-state index in [0.29, 0.717) is 24.6 Å². The van der Waals surface area contributed by atoms with Crippen molar-refractivity contribution in [3.63, 3.8) is 0 Å². The minimum Gasteiger partial charge on any atom is -0.505 e. The molecule has 1 fully saturated rings. The topological polar surface area (TPSA) is 158 Å². The van der Waals surface area contributed by atoms with Crippen LogP contribution >= 0.6 is 23.2 Å². The second kappa shape index (κ2) is 11.2. The third-order valence-corrected chi connectivity index (χ3v) is 7.49. The van der Waals surface area contributed by atoms with Gasteiger partial charge in [-0.25, -0.2) is 14.4 Å². The Bertz CT molecular complexity index is 1800. The number of nitrogens with two attached hydrogens (primary N) is 1. The number of anilines is 2. The number of benzene rings is 1. The lowest BCUT2D eigenvalue weighted by molar-refractivity contribution is -0.116. The van der Waals surface area contributed by atoms with Crippen molar-refractivity contribution >= 4 is 57.6 Å². The van der Waals surface area contributed by atoms with E-state index in [4.69, 9.17) is 33.7 Å². The zero-order valence-corrected chi connectivity index (χ0v) is 24.2. The number of halogens is 3. The first kappa shape index (κ1) is 29.3. The summed E-state index contributed by atoms with van der Waals surface area (Å²) in [4.78, 5) is 49.0. The molecule has 42 heavy (non-hydrogen) atoms. The third-order valence-electron chi connectivity index (χ3n) is 6.85. The van der Waals surface area contributed by atoms with E-state index in [2.05, 4.69) is 15.3 Å². The van der Waals surface area contributed by atoms with Gasteiger partial charge in [0.25, 0.3) is 11.5 Å². The van der Waals surface area contributed by atoms with Gasteiger partial charge in [0, 0.05) is 43.5 Å². The van der Waals surface area contributed by atoms with Crippen LogP contribution in [0.3, 0.4) is 0 Å². The number of fused-ring (bicyclic) bond motifs is 1. The molecule has 1 saturated heterocycles. The van der Waals surface area contributed by atoms with E-state index < -0.39 is 39.5 Å². The molecule has 0 unspecified atom stereocenters. The number of carbonyl (C=O) groups is 2. The predicted octanol–water partition coefficient (Wildman–Crippen LogP) is 3.30. The Morgan fingerprint density at radius 1 is 1.19 bits per heavy atom. The molecule has 3 aromatic heterocycles. The fourth-order valence-electron chi connectivity index (χ4n) is 5.00. The van der Waals surface area contributed by atoms with Crippen LogP contribution in [0.4, 0.5) is 15.9 Å². The quantitative estimate of drug-likeness (QED) is 0.297. The lowest BCUT2D eigenvalue weighted by atomic mass is 10.0. The number of ether oxygens (including phenoxy) is 1. The van der Waals surface area contributed by atoms with Crippen molar-refractivity contribution < 1.29 is 23.8 Å². The van der Waals surface area contributed by atoms with Crippen molar-refractivity contribution in [2.24, 2.45) is 12.8 Å². The number of carbonyl (C=O) groups excluding carboxylic acids is 2. The number of aromatic nitrogens is 4. The summed E-state index contributed by atoms with van der Waals surface area (Å²) < 4.78 is 23.6. The van der Waals surface area contributed by atoms with Crippen LogP contribution in [0.15, 0.2) is 35.6 Å². The van der Waals surface area contributed by atoms with Crippen LogP contribution in [0.25, 0.3) is 22.2 Å². The van der Waals surface area contributed by atoms with Gasteiger partial charge in [-0.15, -0.1) is 0 Å². The molecule has 5 rings (SSSR count). The Kier molecular flexibility index (Phi) is 7.84. The minimum absolute atomic E-state index is 0.00631. The zero-order valence-electron chi connectivity index (χ0n) is 22.7. The lowest BCUT2D eigenvalue weighted by Gasteiger charge is -2.36. The molecule has 1 aliphatic rings. The predicted molar refractivity (Wildman–Crippen MR) is 156 cm³/mol. The molecule has 2 amide bonds. The number of phenols is 1. The van der Waals surface area contributed by atoms with Gasteiger partial charge in [-0.05, 0) is 19.9 Å². The van der Waals surface area contributed by atoms with Gasteiger partial charge in [-0.3, -0.25) is 14.4 Å². The van der Waals surface area contributed by atoms with E-state index in [0.717, 1.165) is 6.07 Å². The number of rotatable bonds is 6. The first-order valence-corrected chi connectivity index (χ1v) is 13.5. The zero-order chi connectivity index (χ0) is 30.5. The average Bonchev–Trinajstić information content (AvgIpc) is 3.28. The summed E-state index contributed by atoms with van der Waals surface area (Å²) in [5.74, 6) is -2.88. The van der Waals surface area contributed by atoms with E-state index in [1.165, 1.54) is 34.9 Å². The van der Waals surface area contributed by atoms with Gasteiger partial charge in [-0.2, -0.15) is 0 Å². The molecule has 0 aliphatic carbocycles. The van der Waals surface area contributed by atoms with Crippen LogP contribution in [0, 0.1) is 5.82 Å². The average molecular weight is 618 g/mol. The first-order chi connectivity index (χ1) is 19.8. The molecule has 1 aromatic carbocycles. The van der Waals surface area contributed by atoms with Crippen molar-refractivity contribution in [1.82, 2.24) is 19.1 Å². The summed E-state index contributed by atoms with van der Waals surface area (Å²) >= 11 is 12.3. The molecular weight excluding hydrogens is 592 g/mol. The number of hydrogen-bond donors (Lipinski definition) is 3. The number of morpholine rings is 1. The van der Waals surface area contributed by atoms with E-state index in [1.54, 1.807) is 6.07 Å². The number of nitrogens with one attached hydrogen (secondary N) is 1. The van der Waals surface area contributed by atoms with Gasteiger partial charge in [0.15, 0.2) is 5.82 Å². The minimum atomic E-state index is -1.09. The van der Waals surface area contributed by atoms with Crippen molar-refractivity contribution in [3.8, 4) is 16.9 Å². The fourth-order valence-corrected chi connectivity index (χ4v) is 5.35. The Morgan fingerprint density at radius 3 is 2.55 bits per heavy atom. The molecule has 2 atom stereocenters. The second-order valence-corrected chi connectivity index (χ2v) is 10.9. The normalized spacial score (nSPS) is 17.0. The first-order valence-electron chi connectivity index (χ1n) is 12.8. The maximum atomic E-state index is 15.3. The highest BCUT2D eigenvalue weighted by Gasteiger charge is 2.26. The standard InChI is InChI=1S/C27H26Cl2FN7O5/c1-12-7-36(8-13(2)42-12)19-5-18(17(28)6-32-19)34-20(38)10-37-9-16(21-26(37)33-11-35(3)27(21)41)14-4-15(25(31)40)24(39)22(29)23(14)30/h4-6,9,11-13,39H,7-8,10H2,1-3H3,(H2,31,40)(H,32,34,38)/t12-,13+. The van der Waals surface area contributed by atoms with Crippen LogP contribution < -0.4 is 21.5 Å². The molecule has 0 radical (unpaired) electrons. The lowest BCUT2D eigenvalue weighted by Crippen LogP contribution is -2.45. The summed E-state index contributed by atoms with van der Waals surface area (Å²) in [6.45, 7) is 4.81. The number of aryl methyl sites for hydroxylation is 1. The molecule has 4 aromatic rings. The molecule has 15 heteroatoms. The molecule has 1 aliphatic heterocycles. The Balaban J connectivity index is 1.52. The van der Waals surface area contributed by atoms with Crippen LogP contribution in [0.5, 0.6) is 5.75 Å². The van der Waals surface area contributed by atoms with Crippen LogP contribution in [0.2, 0.25) is 10.0 Å². The van der Waals surface area contributed by atoms with Gasteiger partial charge in [0.1, 0.15) is 28.8 Å². The molecule has 0 bridgehead atoms. The number of nitrogens with zero attached hydrogens (tertiary/aromatic N) is 5. The second-order valence-electron chi connectivity index (χ2n) is 10.1. The van der Waals surface area contributed by atoms with Crippen molar-refractivity contribution in [3.05, 3.63) is 62.6 Å². The highest BCUT2D eigenvalue weighted by Crippen LogP contribution is 2.39. The molecular formula is C27H26Cl2FN7O5. The number of primary amides is 1. The number of amides is 2. The van der Waals surface area contributed by atoms with E-state index in [1.807, 2.05) is 18.7 Å². The fraction of sp³-hybridized carbons (Fsp3) is 0.296. The SMILES string of the molecule is C[C@@H]1CN(c2cc(NC(=O)Cn3cc(-c4cc(C(N)=O)c(O)c(Cl)c4F)c4c(=O)n(C)cnc43)c(Cl)cn2)C[C@H](C)O1. The van der Waals surface area contributed by atoms with E-state index in [-0.39, 0.29) is 45.9 Å². The Labute approximate surface area is 248 Å². The number of hydrogen-bond acceptors (Lipinski definition) is 8. The van der Waals surface area contributed by atoms with Gasteiger partial charge in [0.2, 0.25) is 5.91 Å². The Morgan fingerprint density at radius 2 is 1.88 bits per heavy atom. The summed E-state index contributed by atoms with van der Waals surface area (Å²) in [5, 5.41) is 12.3. The van der Waals surface area contributed by atoms with Crippen molar-refractivity contribution in [2.75, 3.05) is 23.3 Å². The number of aromatic hydroxyl groups is 1. The van der Waals surface area contributed by atoms with Gasteiger partial charge >= 0.3 is 0 Å². The van der Waals surface area contributed by atoms with Crippen LogP contribution in [0.1, 0.15) is 24.2 Å². The monoisotopic (exact) mass is 617 g/mol. The molecule has 4 heterocycles. The summed E-state index contributed by atoms with van der Waals surface area (Å²) in [7, 11) is 1.45. The molecule has 220 valence electrons. The van der Waals surface area contributed by atoms with Gasteiger partial charge in [-0.1, -0.05) is 23.2 Å².